The Balaban J connectivity index is 2.24. The van der Waals surface area contributed by atoms with Crippen LogP contribution in [0.25, 0.3) is 5.69 Å². The molecule has 0 saturated carbocycles. The summed E-state index contributed by atoms with van der Waals surface area (Å²) in [4.78, 5) is 24.7. The molecule has 0 bridgehead atoms. The predicted octanol–water partition coefficient (Wildman–Crippen LogP) is 3.53. The van der Waals surface area contributed by atoms with Crippen molar-refractivity contribution in [1.82, 2.24) is 9.78 Å². The van der Waals surface area contributed by atoms with Crippen molar-refractivity contribution in [2.45, 2.75) is 25.9 Å². The zero-order valence-corrected chi connectivity index (χ0v) is 16.5. The van der Waals surface area contributed by atoms with Gasteiger partial charge in [-0.1, -0.05) is 19.1 Å². The maximum Gasteiger partial charge on any atom is 0.416 e. The van der Waals surface area contributed by atoms with E-state index in [1.165, 1.54) is 38.1 Å². The van der Waals surface area contributed by atoms with Gasteiger partial charge in [0.15, 0.2) is 5.69 Å². The first kappa shape index (κ1) is 22.0. The summed E-state index contributed by atoms with van der Waals surface area (Å²) < 4.78 is 55.0. The van der Waals surface area contributed by atoms with E-state index in [1.807, 2.05) is 0 Å². The second-order valence-corrected chi connectivity index (χ2v) is 7.02. The Morgan fingerprint density at radius 1 is 1.13 bits per heavy atom. The highest BCUT2D eigenvalue weighted by Gasteiger charge is 2.34. The summed E-state index contributed by atoms with van der Waals surface area (Å²) in [5.41, 5.74) is 8.73. The summed E-state index contributed by atoms with van der Waals surface area (Å²) in [6, 6.07) is 8.45. The van der Waals surface area contributed by atoms with E-state index in [2.05, 4.69) is 5.10 Å². The topological polar surface area (TPSA) is 104 Å². The summed E-state index contributed by atoms with van der Waals surface area (Å²) in [5, 5.41) is 3.91. The maximum absolute atomic E-state index is 14.1. The van der Waals surface area contributed by atoms with E-state index >= 15 is 0 Å². The van der Waals surface area contributed by atoms with E-state index < -0.39 is 34.9 Å². The highest BCUT2D eigenvalue weighted by atomic mass is 19.4. The molecule has 3 aromatic rings. The second-order valence-electron chi connectivity index (χ2n) is 7.02. The smallest absolute Gasteiger partial charge is 0.399 e. The number of alkyl halides is 3. The number of carbonyl (C=O) groups excluding carboxylic acids is 1. The Kier molecular flexibility index (Phi) is 5.58. The lowest BCUT2D eigenvalue weighted by Crippen LogP contribution is -2.29. The number of rotatable bonds is 4. The van der Waals surface area contributed by atoms with Gasteiger partial charge in [-0.2, -0.15) is 23.0 Å². The average Bonchev–Trinajstić information content (AvgIpc) is 2.68. The number of primary amides is 1. The molecule has 0 aliphatic rings. The first-order valence-electron chi connectivity index (χ1n) is 9.08. The largest absolute Gasteiger partial charge is 0.416 e. The average molecular weight is 434 g/mol. The lowest BCUT2D eigenvalue weighted by Gasteiger charge is -2.21. The molecule has 1 aromatic heterocycles. The molecule has 1 amide bonds. The lowest BCUT2D eigenvalue weighted by molar-refractivity contribution is -0.138. The van der Waals surface area contributed by atoms with Crippen molar-refractivity contribution in [2.75, 3.05) is 5.73 Å². The van der Waals surface area contributed by atoms with Crippen molar-refractivity contribution < 1.29 is 22.4 Å². The summed E-state index contributed by atoms with van der Waals surface area (Å²) in [6.45, 7) is 2.77. The summed E-state index contributed by atoms with van der Waals surface area (Å²) in [5.74, 6) is -2.66. The molecule has 0 radical (unpaired) electrons. The third-order valence-electron chi connectivity index (χ3n) is 4.98. The van der Waals surface area contributed by atoms with Crippen LogP contribution in [0, 0.1) is 12.7 Å². The number of nitrogen functional groups attached to an aromatic ring is 1. The van der Waals surface area contributed by atoms with Crippen LogP contribution in [0.1, 0.15) is 45.6 Å². The minimum atomic E-state index is -4.65. The van der Waals surface area contributed by atoms with Crippen LogP contribution in [-0.4, -0.2) is 15.7 Å². The Bertz CT molecular complexity index is 1240. The molecule has 0 saturated heterocycles. The molecular weight excluding hydrogens is 416 g/mol. The number of anilines is 1. The van der Waals surface area contributed by atoms with Crippen molar-refractivity contribution >= 4 is 11.6 Å². The third kappa shape index (κ3) is 4.14. The minimum absolute atomic E-state index is 0.00640. The highest BCUT2D eigenvalue weighted by molar-refractivity contribution is 5.92. The fourth-order valence-corrected chi connectivity index (χ4v) is 3.46. The fourth-order valence-electron chi connectivity index (χ4n) is 3.46. The Labute approximate surface area is 174 Å². The van der Waals surface area contributed by atoms with E-state index in [9.17, 15) is 27.2 Å². The molecule has 1 heterocycles. The van der Waals surface area contributed by atoms with Crippen molar-refractivity contribution in [1.29, 1.82) is 0 Å². The quantitative estimate of drug-likeness (QED) is 0.484. The van der Waals surface area contributed by atoms with Crippen molar-refractivity contribution in [3.05, 3.63) is 86.6 Å². The van der Waals surface area contributed by atoms with Gasteiger partial charge in [0.05, 0.1) is 5.56 Å². The van der Waals surface area contributed by atoms with E-state index in [-0.39, 0.29) is 33.8 Å². The van der Waals surface area contributed by atoms with Gasteiger partial charge in [0.1, 0.15) is 11.5 Å². The number of halogens is 4. The van der Waals surface area contributed by atoms with Gasteiger partial charge in [-0.3, -0.25) is 9.59 Å². The van der Waals surface area contributed by atoms with E-state index in [0.29, 0.717) is 4.68 Å². The summed E-state index contributed by atoms with van der Waals surface area (Å²) >= 11 is 0. The van der Waals surface area contributed by atoms with Crippen molar-refractivity contribution in [3.63, 3.8) is 0 Å². The Morgan fingerprint density at radius 2 is 1.77 bits per heavy atom. The first-order chi connectivity index (χ1) is 14.4. The molecular formula is C21H18F4N4O2. The number of carbonyl (C=O) groups is 1. The van der Waals surface area contributed by atoms with E-state index in [0.717, 1.165) is 18.2 Å². The zero-order chi connectivity index (χ0) is 23.1. The van der Waals surface area contributed by atoms with Crippen molar-refractivity contribution in [3.8, 4) is 5.69 Å². The predicted molar refractivity (Wildman–Crippen MR) is 106 cm³/mol. The molecule has 10 heteroatoms. The van der Waals surface area contributed by atoms with Crippen LogP contribution < -0.4 is 17.0 Å². The van der Waals surface area contributed by atoms with E-state index in [4.69, 9.17) is 11.5 Å². The summed E-state index contributed by atoms with van der Waals surface area (Å²) in [6.07, 6.45) is -4.65. The van der Waals surface area contributed by atoms with Gasteiger partial charge in [-0.15, -0.1) is 0 Å². The van der Waals surface area contributed by atoms with Gasteiger partial charge >= 0.3 is 6.18 Å². The number of nitrogens with two attached hydrogens (primary N) is 2. The van der Waals surface area contributed by atoms with Gasteiger partial charge in [-0.25, -0.2) is 4.39 Å². The third-order valence-corrected chi connectivity index (χ3v) is 4.98. The fraction of sp³-hybridized carbons (Fsp3) is 0.190. The van der Waals surface area contributed by atoms with Crippen LogP contribution >= 0.6 is 0 Å². The molecule has 6 nitrogen and oxygen atoms in total. The standard InChI is InChI=1S/C21H18F4N4O2/c1-10(13-7-12(26)8-15(11(13)2)21(23,24)25)14-9-18(30)29(28-19(14)20(27)31)17-6-4-3-5-16(17)22/h3-10H,26H2,1-2H3,(H2,27,31). The monoisotopic (exact) mass is 434 g/mol. The number of nitrogens with zero attached hydrogens (tertiary/aromatic N) is 2. The van der Waals surface area contributed by atoms with Gasteiger partial charge in [-0.05, 0) is 47.9 Å². The number of para-hydroxylation sites is 1. The van der Waals surface area contributed by atoms with Gasteiger partial charge in [0.2, 0.25) is 0 Å². The normalized spacial score (nSPS) is 12.6. The molecule has 2 aromatic carbocycles. The number of aromatic nitrogens is 2. The molecule has 3 rings (SSSR count). The molecule has 4 N–H and O–H groups in total. The van der Waals surface area contributed by atoms with Gasteiger partial charge in [0, 0.05) is 17.7 Å². The Morgan fingerprint density at radius 3 is 2.35 bits per heavy atom. The number of amides is 1. The molecule has 162 valence electrons. The minimum Gasteiger partial charge on any atom is -0.399 e. The second kappa shape index (κ2) is 7.86. The highest BCUT2D eigenvalue weighted by Crippen LogP contribution is 2.38. The molecule has 0 fully saturated rings. The van der Waals surface area contributed by atoms with Crippen molar-refractivity contribution in [2.24, 2.45) is 5.73 Å². The zero-order valence-electron chi connectivity index (χ0n) is 16.5. The Hall–Kier alpha value is -3.69. The summed E-state index contributed by atoms with van der Waals surface area (Å²) in [7, 11) is 0. The number of hydrogen-bond donors (Lipinski definition) is 2. The molecule has 1 atom stereocenters. The molecule has 0 aliphatic heterocycles. The van der Waals surface area contributed by atoms with Gasteiger partial charge < -0.3 is 11.5 Å². The number of hydrogen-bond acceptors (Lipinski definition) is 4. The number of benzene rings is 2. The van der Waals surface area contributed by atoms with Crippen LogP contribution in [0.4, 0.5) is 23.2 Å². The van der Waals surface area contributed by atoms with Crippen LogP contribution in [0.2, 0.25) is 0 Å². The lowest BCUT2D eigenvalue weighted by atomic mass is 9.86. The molecule has 31 heavy (non-hydrogen) atoms. The van der Waals surface area contributed by atoms with E-state index in [1.54, 1.807) is 0 Å². The maximum atomic E-state index is 14.1. The molecule has 0 spiro atoms. The first-order valence-corrected chi connectivity index (χ1v) is 9.08. The van der Waals surface area contributed by atoms with Crippen LogP contribution in [0.15, 0.2) is 47.3 Å². The van der Waals surface area contributed by atoms with Crippen LogP contribution in [0.3, 0.4) is 0 Å². The van der Waals surface area contributed by atoms with Gasteiger partial charge in [0.25, 0.3) is 11.5 Å². The SMILES string of the molecule is Cc1c(C(C)c2cc(=O)n(-c3ccccc3F)nc2C(N)=O)cc(N)cc1C(F)(F)F. The van der Waals surface area contributed by atoms with Crippen LogP contribution in [0.5, 0.6) is 0 Å². The molecule has 1 unspecified atom stereocenters. The van der Waals surface area contributed by atoms with Crippen LogP contribution in [-0.2, 0) is 6.18 Å². The molecule has 0 aliphatic carbocycles.